The molecule has 1 atom stereocenters. The van der Waals surface area contributed by atoms with E-state index in [0.717, 1.165) is 11.3 Å². The van der Waals surface area contributed by atoms with E-state index in [-0.39, 0.29) is 16.5 Å². The number of aryl methyl sites for hydroxylation is 1. The van der Waals surface area contributed by atoms with Gasteiger partial charge in [0.25, 0.3) is 5.78 Å². The fourth-order valence-corrected chi connectivity index (χ4v) is 4.83. The molecule has 0 spiro atoms. The zero-order chi connectivity index (χ0) is 23.3. The van der Waals surface area contributed by atoms with Gasteiger partial charge in [-0.1, -0.05) is 23.5 Å². The normalized spacial score (nSPS) is 17.8. The second-order valence-corrected chi connectivity index (χ2v) is 8.47. The Bertz CT molecular complexity index is 1450. The van der Waals surface area contributed by atoms with Gasteiger partial charge in [-0.25, -0.2) is 9.37 Å². The molecule has 1 N–H and O–H groups in total. The van der Waals surface area contributed by atoms with Gasteiger partial charge in [0.05, 0.1) is 22.9 Å². The number of carbonyl (C=O) groups excluding carboxylic acids is 2. The van der Waals surface area contributed by atoms with E-state index >= 15 is 0 Å². The van der Waals surface area contributed by atoms with Crippen LogP contribution in [-0.4, -0.2) is 28.9 Å². The third-order valence-electron chi connectivity index (χ3n) is 5.36. The summed E-state index contributed by atoms with van der Waals surface area (Å²) in [6.45, 7) is 1.73. The Kier molecular flexibility index (Phi) is 4.98. The second kappa shape index (κ2) is 7.86. The van der Waals surface area contributed by atoms with Gasteiger partial charge in [-0.15, -0.1) is 0 Å². The number of hydrogen-bond donors (Lipinski definition) is 1. The molecular weight excluding hydrogens is 447 g/mol. The lowest BCUT2D eigenvalue weighted by Crippen LogP contribution is -2.29. The van der Waals surface area contributed by atoms with Crippen LogP contribution in [0.4, 0.5) is 9.52 Å². The molecule has 1 aliphatic rings. The number of Topliss-reactive ketones (excluding diaryl/α,β-unsaturated/α-hetero) is 1. The lowest BCUT2D eigenvalue weighted by molar-refractivity contribution is -0.132. The maximum atomic E-state index is 13.7. The van der Waals surface area contributed by atoms with Gasteiger partial charge in [0.1, 0.15) is 34.9 Å². The molecule has 7 nitrogen and oxygen atoms in total. The molecule has 0 radical (unpaired) electrons. The number of nitrogens with zero attached hydrogens (tertiary/aromatic N) is 2. The van der Waals surface area contributed by atoms with Crippen LogP contribution in [0.25, 0.3) is 16.0 Å². The van der Waals surface area contributed by atoms with E-state index in [0.29, 0.717) is 33.1 Å². The predicted molar refractivity (Wildman–Crippen MR) is 121 cm³/mol. The first-order valence-corrected chi connectivity index (χ1v) is 10.8. The summed E-state index contributed by atoms with van der Waals surface area (Å²) in [5, 5.41) is 11.3. The third-order valence-corrected chi connectivity index (χ3v) is 6.38. The van der Waals surface area contributed by atoms with Gasteiger partial charge >= 0.3 is 5.91 Å². The number of halogens is 1. The number of amides is 1. The SMILES string of the molecule is COc1cccc(/C(O)=C2\C(=O)C(=O)N(c3nc4ccc(F)cc4s3)C2c2ccc(C)o2)c1. The van der Waals surface area contributed by atoms with Crippen molar-refractivity contribution in [3.05, 3.63) is 83.1 Å². The molecule has 33 heavy (non-hydrogen) atoms. The fraction of sp³-hybridized carbons (Fsp3) is 0.125. The number of furan rings is 1. The van der Waals surface area contributed by atoms with Gasteiger partial charge in [0, 0.05) is 5.56 Å². The number of carbonyl (C=O) groups is 2. The van der Waals surface area contributed by atoms with E-state index in [1.807, 2.05) is 0 Å². The van der Waals surface area contributed by atoms with E-state index < -0.39 is 23.5 Å². The van der Waals surface area contributed by atoms with Crippen LogP contribution in [0, 0.1) is 12.7 Å². The fourth-order valence-electron chi connectivity index (χ4n) is 3.81. The lowest BCUT2D eigenvalue weighted by Gasteiger charge is -2.20. The molecule has 1 fully saturated rings. The van der Waals surface area contributed by atoms with Crippen molar-refractivity contribution in [2.75, 3.05) is 12.0 Å². The number of benzene rings is 2. The molecule has 1 unspecified atom stereocenters. The molecule has 0 aliphatic carbocycles. The Morgan fingerprint density at radius 2 is 2.00 bits per heavy atom. The highest BCUT2D eigenvalue weighted by Crippen LogP contribution is 2.44. The number of methoxy groups -OCH3 is 1. The molecule has 4 aromatic rings. The summed E-state index contributed by atoms with van der Waals surface area (Å²) >= 11 is 1.07. The number of fused-ring (bicyclic) bond motifs is 1. The summed E-state index contributed by atoms with van der Waals surface area (Å²) < 4.78 is 25.2. The lowest BCUT2D eigenvalue weighted by atomic mass is 9.99. The number of thiazole rings is 1. The van der Waals surface area contributed by atoms with E-state index in [9.17, 15) is 19.1 Å². The summed E-state index contributed by atoms with van der Waals surface area (Å²) in [6.07, 6.45) is 0. The molecule has 2 aromatic heterocycles. The number of hydrogen-bond acceptors (Lipinski definition) is 7. The zero-order valence-electron chi connectivity index (χ0n) is 17.5. The number of ketones is 1. The van der Waals surface area contributed by atoms with Crippen molar-refractivity contribution in [2.45, 2.75) is 13.0 Å². The number of aliphatic hydroxyl groups is 1. The van der Waals surface area contributed by atoms with Crippen LogP contribution in [0.3, 0.4) is 0 Å². The van der Waals surface area contributed by atoms with Crippen molar-refractivity contribution in [3.8, 4) is 5.75 Å². The number of ether oxygens (including phenoxy) is 1. The van der Waals surface area contributed by atoms with Gasteiger partial charge in [0.2, 0.25) is 0 Å². The second-order valence-electron chi connectivity index (χ2n) is 7.46. The quantitative estimate of drug-likeness (QED) is 0.260. The Morgan fingerprint density at radius 1 is 1.18 bits per heavy atom. The molecule has 166 valence electrons. The summed E-state index contributed by atoms with van der Waals surface area (Å²) in [5.74, 6) is -1.19. The monoisotopic (exact) mass is 464 g/mol. The van der Waals surface area contributed by atoms with Crippen molar-refractivity contribution < 1.29 is 28.2 Å². The molecule has 0 bridgehead atoms. The van der Waals surface area contributed by atoms with Crippen molar-refractivity contribution in [2.24, 2.45) is 0 Å². The van der Waals surface area contributed by atoms with Gasteiger partial charge in [-0.2, -0.15) is 0 Å². The van der Waals surface area contributed by atoms with Crippen LogP contribution in [0.2, 0.25) is 0 Å². The van der Waals surface area contributed by atoms with Crippen molar-refractivity contribution in [3.63, 3.8) is 0 Å². The Morgan fingerprint density at radius 3 is 2.73 bits per heavy atom. The first-order chi connectivity index (χ1) is 15.9. The Balaban J connectivity index is 1.72. The van der Waals surface area contributed by atoms with E-state index in [4.69, 9.17) is 9.15 Å². The van der Waals surface area contributed by atoms with Crippen LogP contribution >= 0.6 is 11.3 Å². The van der Waals surface area contributed by atoms with E-state index in [2.05, 4.69) is 4.98 Å². The summed E-state index contributed by atoms with van der Waals surface area (Å²) in [6, 6.07) is 12.9. The van der Waals surface area contributed by atoms with Gasteiger partial charge in [-0.3, -0.25) is 14.5 Å². The predicted octanol–water partition coefficient (Wildman–Crippen LogP) is 4.97. The zero-order valence-corrected chi connectivity index (χ0v) is 18.4. The standard InChI is InChI=1S/C24H17FN2O5S/c1-12-6-9-17(32-12)20-19(21(28)13-4-3-5-15(10-13)31-2)22(29)23(30)27(20)24-26-16-8-7-14(25)11-18(16)33-24/h3-11,20,28H,1-2H3/b21-19+. The topological polar surface area (TPSA) is 92.9 Å². The average molecular weight is 464 g/mol. The molecule has 1 amide bonds. The first kappa shape index (κ1) is 20.9. The highest BCUT2D eigenvalue weighted by molar-refractivity contribution is 7.22. The Labute approximate surface area is 191 Å². The van der Waals surface area contributed by atoms with Crippen LogP contribution < -0.4 is 9.64 Å². The molecule has 5 rings (SSSR count). The van der Waals surface area contributed by atoms with Gasteiger partial charge in [0.15, 0.2) is 5.13 Å². The highest BCUT2D eigenvalue weighted by Gasteiger charge is 2.49. The molecule has 9 heteroatoms. The first-order valence-electron chi connectivity index (χ1n) is 9.95. The summed E-state index contributed by atoms with van der Waals surface area (Å²) in [7, 11) is 1.49. The van der Waals surface area contributed by atoms with E-state index in [1.165, 1.54) is 30.2 Å². The molecular formula is C24H17FN2O5S. The molecule has 2 aromatic carbocycles. The average Bonchev–Trinajstić information content (AvgIpc) is 3.49. The van der Waals surface area contributed by atoms with Crippen LogP contribution in [0.1, 0.15) is 23.1 Å². The Hall–Kier alpha value is -3.98. The third kappa shape index (κ3) is 3.46. The number of aliphatic hydroxyl groups excluding tert-OH is 1. The molecule has 3 heterocycles. The molecule has 1 aliphatic heterocycles. The number of anilines is 1. The van der Waals surface area contributed by atoms with Crippen LogP contribution in [-0.2, 0) is 9.59 Å². The van der Waals surface area contributed by atoms with Gasteiger partial charge < -0.3 is 14.3 Å². The maximum Gasteiger partial charge on any atom is 0.302 e. The smallest absolute Gasteiger partial charge is 0.302 e. The number of rotatable bonds is 4. The van der Waals surface area contributed by atoms with Gasteiger partial charge in [-0.05, 0) is 49.4 Å². The molecule has 1 saturated heterocycles. The van der Waals surface area contributed by atoms with Crippen molar-refractivity contribution in [1.82, 2.24) is 4.98 Å². The molecule has 0 saturated carbocycles. The minimum absolute atomic E-state index is 0.131. The summed E-state index contributed by atoms with van der Waals surface area (Å²) in [5.41, 5.74) is 0.667. The van der Waals surface area contributed by atoms with E-state index in [1.54, 1.807) is 43.3 Å². The maximum absolute atomic E-state index is 13.7. The van der Waals surface area contributed by atoms with Crippen molar-refractivity contribution >= 4 is 44.1 Å². The number of aromatic nitrogens is 1. The highest BCUT2D eigenvalue weighted by atomic mass is 32.1. The van der Waals surface area contributed by atoms with Crippen LogP contribution in [0.5, 0.6) is 5.75 Å². The largest absolute Gasteiger partial charge is 0.507 e. The minimum atomic E-state index is -1.05. The van der Waals surface area contributed by atoms with Crippen LogP contribution in [0.15, 0.2) is 64.6 Å². The van der Waals surface area contributed by atoms with Crippen molar-refractivity contribution in [1.29, 1.82) is 0 Å². The minimum Gasteiger partial charge on any atom is -0.507 e. The summed E-state index contributed by atoms with van der Waals surface area (Å²) in [4.78, 5) is 31.9.